The van der Waals surface area contributed by atoms with Crippen molar-refractivity contribution in [1.82, 2.24) is 4.57 Å². The summed E-state index contributed by atoms with van der Waals surface area (Å²) in [6.07, 6.45) is 1.40. The second-order valence-corrected chi connectivity index (χ2v) is 5.63. The first-order valence-corrected chi connectivity index (χ1v) is 7.64. The quantitative estimate of drug-likeness (QED) is 0.772. The average Bonchev–Trinajstić information content (AvgIpc) is 2.96. The van der Waals surface area contributed by atoms with Crippen LogP contribution in [-0.2, 0) is 9.47 Å². The summed E-state index contributed by atoms with van der Waals surface area (Å²) < 4.78 is 16.5. The Morgan fingerprint density at radius 1 is 1.20 bits per heavy atom. The summed E-state index contributed by atoms with van der Waals surface area (Å²) in [5.41, 5.74) is 6.61. The summed E-state index contributed by atoms with van der Waals surface area (Å²) >= 11 is 3.35. The van der Waals surface area contributed by atoms with E-state index in [1.54, 1.807) is 0 Å². The molecule has 0 saturated heterocycles. The molecule has 130 valence electrons. The fourth-order valence-electron chi connectivity index (χ4n) is 2.27. The fraction of sp³-hybridized carbons (Fsp3) is 0.188. The van der Waals surface area contributed by atoms with Gasteiger partial charge in [-0.1, -0.05) is 0 Å². The number of methoxy groups -OCH3 is 3. The molecule has 0 aliphatic rings. The number of nitrogen functional groups attached to an aromatic ring is 1. The molecule has 0 bridgehead atoms. The molecule has 0 spiro atoms. The minimum absolute atomic E-state index is 0.00254. The maximum atomic E-state index is 12.1. The lowest BCUT2D eigenvalue weighted by Crippen LogP contribution is -2.12. The van der Waals surface area contributed by atoms with Gasteiger partial charge in [0.25, 0.3) is 0 Å². The van der Waals surface area contributed by atoms with Crippen molar-refractivity contribution in [2.24, 2.45) is 0 Å². The number of aromatic nitrogens is 1. The van der Waals surface area contributed by atoms with Gasteiger partial charge in [-0.05, 0) is 22.0 Å². The highest BCUT2D eigenvalue weighted by molar-refractivity contribution is 9.10. The summed E-state index contributed by atoms with van der Waals surface area (Å²) in [6, 6.07) is 4.92. The summed E-state index contributed by atoms with van der Waals surface area (Å²) in [5, 5.41) is 9.18. The molecule has 0 radical (unpaired) electrons. The van der Waals surface area contributed by atoms with Gasteiger partial charge in [-0.25, -0.2) is 9.59 Å². The van der Waals surface area contributed by atoms with Gasteiger partial charge in [0.05, 0.1) is 38.3 Å². The largest absolute Gasteiger partial charge is 0.496 e. The molecule has 1 aromatic heterocycles. The zero-order valence-corrected chi connectivity index (χ0v) is 15.2. The SMILES string of the molecule is COC(=O)c1cc(Br)c(-n2cc(C#N)c(N)c2C(=O)OC)cc1OC. The predicted octanol–water partition coefficient (Wildman–Crippen LogP) is 2.28. The van der Waals surface area contributed by atoms with Crippen LogP contribution in [0.2, 0.25) is 0 Å². The first kappa shape index (κ1) is 18.4. The van der Waals surface area contributed by atoms with Crippen LogP contribution in [0, 0.1) is 11.3 Å². The van der Waals surface area contributed by atoms with Crippen molar-refractivity contribution in [2.75, 3.05) is 27.1 Å². The van der Waals surface area contributed by atoms with E-state index >= 15 is 0 Å². The Hall–Kier alpha value is -2.99. The van der Waals surface area contributed by atoms with E-state index in [1.807, 2.05) is 6.07 Å². The highest BCUT2D eigenvalue weighted by atomic mass is 79.9. The lowest BCUT2D eigenvalue weighted by molar-refractivity contribution is 0.0584. The van der Waals surface area contributed by atoms with Gasteiger partial charge < -0.3 is 24.5 Å². The van der Waals surface area contributed by atoms with Crippen LogP contribution in [0.3, 0.4) is 0 Å². The topological polar surface area (TPSA) is 117 Å². The molecule has 25 heavy (non-hydrogen) atoms. The number of rotatable bonds is 4. The molecule has 2 aromatic rings. The zero-order chi connectivity index (χ0) is 18.7. The van der Waals surface area contributed by atoms with E-state index < -0.39 is 11.9 Å². The molecule has 1 aromatic carbocycles. The molecular weight excluding hydrogens is 394 g/mol. The molecule has 0 aliphatic carbocycles. The molecule has 0 saturated carbocycles. The van der Waals surface area contributed by atoms with Gasteiger partial charge in [-0.15, -0.1) is 0 Å². The van der Waals surface area contributed by atoms with Crippen molar-refractivity contribution in [3.05, 3.63) is 39.6 Å². The number of carbonyl (C=O) groups excluding carboxylic acids is 2. The standard InChI is InChI=1S/C16H14BrN3O5/c1-23-12-5-11(10(17)4-9(12)15(21)24-2)20-7-8(6-18)13(19)14(20)16(22)25-3/h4-5,7H,19H2,1-3H3. The summed E-state index contributed by atoms with van der Waals surface area (Å²) in [6.45, 7) is 0. The van der Waals surface area contributed by atoms with E-state index in [1.165, 1.54) is 44.2 Å². The first-order valence-electron chi connectivity index (χ1n) is 6.85. The van der Waals surface area contributed by atoms with Crippen LogP contribution in [-0.4, -0.2) is 37.8 Å². The smallest absolute Gasteiger partial charge is 0.357 e. The van der Waals surface area contributed by atoms with E-state index in [0.29, 0.717) is 10.2 Å². The van der Waals surface area contributed by atoms with E-state index in [2.05, 4.69) is 15.9 Å². The second kappa shape index (κ2) is 7.27. The van der Waals surface area contributed by atoms with E-state index in [0.717, 1.165) is 0 Å². The van der Waals surface area contributed by atoms with Crippen LogP contribution in [0.25, 0.3) is 5.69 Å². The molecule has 0 amide bonds. The average molecular weight is 408 g/mol. The van der Waals surface area contributed by atoms with Crippen molar-refractivity contribution in [2.45, 2.75) is 0 Å². The minimum atomic E-state index is -0.707. The van der Waals surface area contributed by atoms with Crippen molar-refractivity contribution >= 4 is 33.6 Å². The fourth-order valence-corrected chi connectivity index (χ4v) is 2.80. The number of carbonyl (C=O) groups is 2. The van der Waals surface area contributed by atoms with Crippen molar-refractivity contribution in [1.29, 1.82) is 5.26 Å². The molecule has 1 heterocycles. The van der Waals surface area contributed by atoms with E-state index in [9.17, 15) is 14.9 Å². The summed E-state index contributed by atoms with van der Waals surface area (Å²) in [5.74, 6) is -1.06. The van der Waals surface area contributed by atoms with E-state index in [-0.39, 0.29) is 28.3 Å². The number of esters is 2. The van der Waals surface area contributed by atoms with Crippen LogP contribution in [0.5, 0.6) is 5.75 Å². The zero-order valence-electron chi connectivity index (χ0n) is 13.6. The Kier molecular flexibility index (Phi) is 5.34. The molecular formula is C16H14BrN3O5. The van der Waals surface area contributed by atoms with Gasteiger partial charge in [0.15, 0.2) is 5.69 Å². The van der Waals surface area contributed by atoms with Crippen LogP contribution in [0.15, 0.2) is 22.8 Å². The van der Waals surface area contributed by atoms with Gasteiger partial charge >= 0.3 is 11.9 Å². The molecule has 2 rings (SSSR count). The van der Waals surface area contributed by atoms with Crippen molar-refractivity contribution < 1.29 is 23.8 Å². The number of benzene rings is 1. The Labute approximate surface area is 151 Å². The van der Waals surface area contributed by atoms with Gasteiger partial charge in [0, 0.05) is 16.7 Å². The number of nitrogens with zero attached hydrogens (tertiary/aromatic N) is 2. The highest BCUT2D eigenvalue weighted by Gasteiger charge is 2.24. The Morgan fingerprint density at radius 3 is 2.36 bits per heavy atom. The van der Waals surface area contributed by atoms with Crippen molar-refractivity contribution in [3.8, 4) is 17.5 Å². The van der Waals surface area contributed by atoms with Crippen LogP contribution >= 0.6 is 15.9 Å². The molecule has 0 unspecified atom stereocenters. The van der Waals surface area contributed by atoms with Crippen LogP contribution in [0.1, 0.15) is 26.4 Å². The monoisotopic (exact) mass is 407 g/mol. The number of hydrogen-bond acceptors (Lipinski definition) is 7. The summed E-state index contributed by atoms with van der Waals surface area (Å²) in [7, 11) is 3.86. The lowest BCUT2D eigenvalue weighted by atomic mass is 10.1. The number of nitriles is 1. The van der Waals surface area contributed by atoms with Gasteiger partial charge in [0.1, 0.15) is 17.4 Å². The Bertz CT molecular complexity index is 898. The van der Waals surface area contributed by atoms with E-state index in [4.69, 9.17) is 19.9 Å². The Balaban J connectivity index is 2.77. The third-order valence-corrected chi connectivity index (χ3v) is 4.11. The van der Waals surface area contributed by atoms with Crippen molar-refractivity contribution in [3.63, 3.8) is 0 Å². The molecule has 0 atom stereocenters. The van der Waals surface area contributed by atoms with Gasteiger partial charge in [0.2, 0.25) is 0 Å². The maximum Gasteiger partial charge on any atom is 0.357 e. The third-order valence-electron chi connectivity index (χ3n) is 3.48. The highest BCUT2D eigenvalue weighted by Crippen LogP contribution is 2.34. The normalized spacial score (nSPS) is 10.0. The maximum absolute atomic E-state index is 12.1. The number of ether oxygens (including phenoxy) is 3. The number of nitrogens with two attached hydrogens (primary N) is 1. The number of hydrogen-bond donors (Lipinski definition) is 1. The van der Waals surface area contributed by atoms with Gasteiger partial charge in [-0.3, -0.25) is 0 Å². The number of anilines is 1. The molecule has 8 nitrogen and oxygen atoms in total. The molecule has 0 fully saturated rings. The third kappa shape index (κ3) is 3.16. The number of halogens is 1. The second-order valence-electron chi connectivity index (χ2n) is 4.77. The molecule has 2 N–H and O–H groups in total. The molecule has 0 aliphatic heterocycles. The predicted molar refractivity (Wildman–Crippen MR) is 91.8 cm³/mol. The van der Waals surface area contributed by atoms with Crippen LogP contribution < -0.4 is 10.5 Å². The lowest BCUT2D eigenvalue weighted by Gasteiger charge is -2.14. The molecule has 9 heteroatoms. The first-order chi connectivity index (χ1) is 11.9. The summed E-state index contributed by atoms with van der Waals surface area (Å²) in [4.78, 5) is 23.9. The van der Waals surface area contributed by atoms with Gasteiger partial charge in [-0.2, -0.15) is 5.26 Å². The van der Waals surface area contributed by atoms with Crippen LogP contribution in [0.4, 0.5) is 5.69 Å². The minimum Gasteiger partial charge on any atom is -0.496 e. The Morgan fingerprint density at radius 2 is 1.84 bits per heavy atom.